The summed E-state index contributed by atoms with van der Waals surface area (Å²) in [5.74, 6) is -1.80. The fraction of sp³-hybridized carbons (Fsp3) is 0.158. The molecule has 1 heterocycles. The number of hydrogen-bond donors (Lipinski definition) is 2. The number of benzene rings is 2. The number of ether oxygens (including phenoxy) is 1. The van der Waals surface area contributed by atoms with Crippen LogP contribution in [0.4, 0.5) is 18.9 Å². The van der Waals surface area contributed by atoms with E-state index < -0.39 is 35.3 Å². The maximum Gasteiger partial charge on any atom is 0.416 e. The van der Waals surface area contributed by atoms with Crippen LogP contribution in [0.15, 0.2) is 53.3 Å². The number of amides is 1. The van der Waals surface area contributed by atoms with Crippen LogP contribution in [0, 0.1) is 0 Å². The van der Waals surface area contributed by atoms with E-state index in [4.69, 9.17) is 4.74 Å². The number of nitrogens with one attached hydrogen (secondary N) is 2. The van der Waals surface area contributed by atoms with Gasteiger partial charge in [-0.15, -0.1) is 0 Å². The number of anilines is 1. The fourth-order valence-electron chi connectivity index (χ4n) is 2.56. The molecule has 0 saturated carbocycles. The number of nitrogens with zero attached hydrogens (tertiary/aromatic N) is 1. The van der Waals surface area contributed by atoms with Crippen molar-refractivity contribution in [2.45, 2.75) is 19.2 Å². The lowest BCUT2D eigenvalue weighted by Gasteiger charge is -2.14. The molecule has 1 amide bonds. The molecule has 2 N–H and O–H groups in total. The van der Waals surface area contributed by atoms with Crippen molar-refractivity contribution in [2.75, 3.05) is 5.32 Å². The van der Waals surface area contributed by atoms with Crippen molar-refractivity contribution in [1.29, 1.82) is 0 Å². The molecule has 7 nitrogen and oxygen atoms in total. The molecule has 0 unspecified atom stereocenters. The Labute approximate surface area is 161 Å². The molecule has 0 saturated heterocycles. The molecular weight excluding hydrogens is 391 g/mol. The zero-order chi connectivity index (χ0) is 21.2. The van der Waals surface area contributed by atoms with E-state index in [-0.39, 0.29) is 22.2 Å². The molecule has 0 fully saturated rings. The van der Waals surface area contributed by atoms with Gasteiger partial charge in [-0.25, -0.2) is 9.89 Å². The molecule has 0 bridgehead atoms. The highest BCUT2D eigenvalue weighted by atomic mass is 19.4. The van der Waals surface area contributed by atoms with Crippen molar-refractivity contribution in [3.05, 3.63) is 70.1 Å². The first-order chi connectivity index (χ1) is 13.7. The van der Waals surface area contributed by atoms with E-state index in [0.717, 1.165) is 18.2 Å². The Morgan fingerprint density at radius 3 is 2.48 bits per heavy atom. The van der Waals surface area contributed by atoms with Gasteiger partial charge in [-0.05, 0) is 31.2 Å². The standard InChI is InChI=1S/C19H14F3N3O4/c1-10(16(26)23-12-6-4-5-11(9-12)19(20,21)22)29-18(28)15-13-7-2-3-8-14(13)17(27)25-24-15/h2-10H,1H3,(H,23,26)(H,25,27)/t10-/m1/s1. The monoisotopic (exact) mass is 405 g/mol. The van der Waals surface area contributed by atoms with Crippen molar-refractivity contribution in [3.8, 4) is 0 Å². The van der Waals surface area contributed by atoms with Gasteiger partial charge >= 0.3 is 12.1 Å². The molecule has 0 aliphatic rings. The second-order valence-corrected chi connectivity index (χ2v) is 6.06. The van der Waals surface area contributed by atoms with Gasteiger partial charge in [0, 0.05) is 11.1 Å². The lowest BCUT2D eigenvalue weighted by Crippen LogP contribution is -2.30. The molecule has 10 heteroatoms. The maximum absolute atomic E-state index is 12.8. The number of esters is 1. The Bertz CT molecular complexity index is 1140. The van der Waals surface area contributed by atoms with Crippen LogP contribution in [0.1, 0.15) is 23.0 Å². The Morgan fingerprint density at radius 2 is 1.79 bits per heavy atom. The number of alkyl halides is 3. The SMILES string of the molecule is C[C@@H](OC(=O)c1n[nH]c(=O)c2ccccc12)C(=O)Nc1cccc(C(F)(F)F)c1. The molecule has 0 aliphatic heterocycles. The molecule has 1 aromatic heterocycles. The van der Waals surface area contributed by atoms with Gasteiger partial charge in [0.25, 0.3) is 11.5 Å². The van der Waals surface area contributed by atoms with Gasteiger partial charge in [-0.2, -0.15) is 18.3 Å². The van der Waals surface area contributed by atoms with Gasteiger partial charge in [0.05, 0.1) is 10.9 Å². The average molecular weight is 405 g/mol. The second kappa shape index (κ2) is 7.74. The number of aromatic amines is 1. The van der Waals surface area contributed by atoms with E-state index in [1.807, 2.05) is 0 Å². The molecule has 0 radical (unpaired) electrons. The van der Waals surface area contributed by atoms with Crippen molar-refractivity contribution in [2.24, 2.45) is 0 Å². The van der Waals surface area contributed by atoms with Crippen LogP contribution >= 0.6 is 0 Å². The Hall–Kier alpha value is -3.69. The highest BCUT2D eigenvalue weighted by Crippen LogP contribution is 2.30. The molecule has 150 valence electrons. The number of halogens is 3. The minimum Gasteiger partial charge on any atom is -0.448 e. The van der Waals surface area contributed by atoms with Gasteiger partial charge in [-0.3, -0.25) is 9.59 Å². The van der Waals surface area contributed by atoms with Crippen LogP contribution in [0.5, 0.6) is 0 Å². The molecular formula is C19H14F3N3O4. The van der Waals surface area contributed by atoms with E-state index >= 15 is 0 Å². The van der Waals surface area contributed by atoms with Crippen LogP contribution in [-0.2, 0) is 15.7 Å². The number of carbonyl (C=O) groups is 2. The highest BCUT2D eigenvalue weighted by Gasteiger charge is 2.30. The zero-order valence-electron chi connectivity index (χ0n) is 14.9. The average Bonchev–Trinajstić information content (AvgIpc) is 2.68. The Morgan fingerprint density at radius 1 is 1.10 bits per heavy atom. The first-order valence-electron chi connectivity index (χ1n) is 8.33. The summed E-state index contributed by atoms with van der Waals surface area (Å²) in [4.78, 5) is 36.4. The molecule has 3 aromatic rings. The van der Waals surface area contributed by atoms with Gasteiger partial charge in [0.2, 0.25) is 0 Å². The van der Waals surface area contributed by atoms with Crippen LogP contribution in [0.25, 0.3) is 10.8 Å². The highest BCUT2D eigenvalue weighted by molar-refractivity contribution is 6.03. The fourth-order valence-corrected chi connectivity index (χ4v) is 2.56. The van der Waals surface area contributed by atoms with E-state index in [9.17, 15) is 27.6 Å². The summed E-state index contributed by atoms with van der Waals surface area (Å²) < 4.78 is 43.4. The normalized spacial score (nSPS) is 12.4. The molecule has 1 atom stereocenters. The molecule has 0 spiro atoms. The van der Waals surface area contributed by atoms with Crippen LogP contribution in [0.3, 0.4) is 0 Å². The molecule has 3 rings (SSSR count). The van der Waals surface area contributed by atoms with E-state index in [0.29, 0.717) is 0 Å². The van der Waals surface area contributed by atoms with Gasteiger partial charge in [-0.1, -0.05) is 24.3 Å². The van der Waals surface area contributed by atoms with Crippen LogP contribution in [-0.4, -0.2) is 28.2 Å². The van der Waals surface area contributed by atoms with Crippen molar-refractivity contribution in [3.63, 3.8) is 0 Å². The summed E-state index contributed by atoms with van der Waals surface area (Å²) in [5, 5.41) is 8.57. The number of rotatable bonds is 4. The van der Waals surface area contributed by atoms with E-state index in [2.05, 4.69) is 15.5 Å². The van der Waals surface area contributed by atoms with Crippen LogP contribution in [0.2, 0.25) is 0 Å². The number of carbonyl (C=O) groups excluding carboxylic acids is 2. The summed E-state index contributed by atoms with van der Waals surface area (Å²) in [5.41, 5.74) is -1.71. The quantitative estimate of drug-likeness (QED) is 0.650. The summed E-state index contributed by atoms with van der Waals surface area (Å²) in [7, 11) is 0. The molecule has 2 aromatic carbocycles. The number of H-pyrrole nitrogens is 1. The lowest BCUT2D eigenvalue weighted by molar-refractivity contribution is -0.137. The summed E-state index contributed by atoms with van der Waals surface area (Å²) >= 11 is 0. The maximum atomic E-state index is 12.8. The number of fused-ring (bicyclic) bond motifs is 1. The Kier molecular flexibility index (Phi) is 5.35. The molecule has 0 aliphatic carbocycles. The van der Waals surface area contributed by atoms with Crippen molar-refractivity contribution >= 4 is 28.3 Å². The van der Waals surface area contributed by atoms with Crippen LogP contribution < -0.4 is 10.9 Å². The Balaban J connectivity index is 1.75. The van der Waals surface area contributed by atoms with Crippen molar-refractivity contribution < 1.29 is 27.5 Å². The van der Waals surface area contributed by atoms with E-state index in [1.54, 1.807) is 12.1 Å². The summed E-state index contributed by atoms with van der Waals surface area (Å²) in [6.45, 7) is 1.26. The van der Waals surface area contributed by atoms with Crippen molar-refractivity contribution in [1.82, 2.24) is 10.2 Å². The predicted octanol–water partition coefficient (Wildman–Crippen LogP) is 3.13. The minimum absolute atomic E-state index is 0.0969. The third-order valence-electron chi connectivity index (χ3n) is 4.00. The zero-order valence-corrected chi connectivity index (χ0v) is 14.9. The molecule has 29 heavy (non-hydrogen) atoms. The third-order valence-corrected chi connectivity index (χ3v) is 4.00. The summed E-state index contributed by atoms with van der Waals surface area (Å²) in [6, 6.07) is 10.3. The third kappa shape index (κ3) is 4.42. The van der Waals surface area contributed by atoms with Gasteiger partial charge in [0.1, 0.15) is 0 Å². The predicted molar refractivity (Wildman–Crippen MR) is 97.3 cm³/mol. The second-order valence-electron chi connectivity index (χ2n) is 6.06. The largest absolute Gasteiger partial charge is 0.448 e. The minimum atomic E-state index is -4.56. The topological polar surface area (TPSA) is 101 Å². The number of aromatic nitrogens is 2. The van der Waals surface area contributed by atoms with Gasteiger partial charge < -0.3 is 10.1 Å². The summed E-state index contributed by atoms with van der Waals surface area (Å²) in [6.07, 6.45) is -5.89. The first kappa shape index (κ1) is 20.1. The van der Waals surface area contributed by atoms with Gasteiger partial charge in [0.15, 0.2) is 11.8 Å². The lowest BCUT2D eigenvalue weighted by atomic mass is 10.1. The number of hydrogen-bond acceptors (Lipinski definition) is 5. The van der Waals surface area contributed by atoms with E-state index in [1.165, 1.54) is 25.1 Å². The smallest absolute Gasteiger partial charge is 0.416 e. The first-order valence-corrected chi connectivity index (χ1v) is 8.33.